The predicted molar refractivity (Wildman–Crippen MR) is 42.4 cm³/mol. The average molecular weight is 158 g/mol. The summed E-state index contributed by atoms with van der Waals surface area (Å²) in [5.74, 6) is 0. The van der Waals surface area contributed by atoms with E-state index in [4.69, 9.17) is 0 Å². The van der Waals surface area contributed by atoms with Crippen molar-refractivity contribution in [3.8, 4) is 0 Å². The number of rotatable bonds is 5. The monoisotopic (exact) mass is 158 g/mol. The van der Waals surface area contributed by atoms with Gasteiger partial charge in [-0.05, 0) is 19.3 Å². The van der Waals surface area contributed by atoms with Gasteiger partial charge in [0.2, 0.25) is 0 Å². The summed E-state index contributed by atoms with van der Waals surface area (Å²) < 4.78 is 8.92. The molecule has 0 aromatic heterocycles. The number of unbranched alkanes of at least 4 members (excludes halogenated alkanes) is 2. The molecule has 0 bridgehead atoms. The van der Waals surface area contributed by atoms with Crippen LogP contribution in [0.3, 0.4) is 0 Å². The molecule has 0 amide bonds. The van der Waals surface area contributed by atoms with Gasteiger partial charge >= 0.3 is 6.16 Å². The maximum atomic E-state index is 10.4. The van der Waals surface area contributed by atoms with Crippen molar-refractivity contribution in [1.29, 1.82) is 0 Å². The second-order valence-electron chi connectivity index (χ2n) is 2.09. The van der Waals surface area contributed by atoms with Gasteiger partial charge in [0.1, 0.15) is 0 Å². The Labute approximate surface area is 67.0 Å². The minimum absolute atomic E-state index is 0.431. The molecule has 0 radical (unpaired) electrons. The number of methoxy groups -OCH3 is 1. The molecule has 0 saturated heterocycles. The van der Waals surface area contributed by atoms with E-state index in [0.717, 1.165) is 19.3 Å². The summed E-state index contributed by atoms with van der Waals surface area (Å²) in [6, 6.07) is 0. The van der Waals surface area contributed by atoms with Gasteiger partial charge < -0.3 is 9.47 Å². The van der Waals surface area contributed by atoms with Crippen LogP contribution in [-0.2, 0) is 9.47 Å². The Kier molecular flexibility index (Phi) is 6.48. The zero-order valence-corrected chi connectivity index (χ0v) is 6.84. The molecule has 3 nitrogen and oxygen atoms in total. The number of allylic oxidation sites excluding steroid dienone is 1. The topological polar surface area (TPSA) is 35.5 Å². The highest BCUT2D eigenvalue weighted by Gasteiger charge is 1.97. The van der Waals surface area contributed by atoms with Gasteiger partial charge in [-0.3, -0.25) is 0 Å². The van der Waals surface area contributed by atoms with Crippen LogP contribution in [-0.4, -0.2) is 19.9 Å². The maximum Gasteiger partial charge on any atom is 0.507 e. The van der Waals surface area contributed by atoms with Crippen LogP contribution in [0.2, 0.25) is 0 Å². The first-order valence-corrected chi connectivity index (χ1v) is 3.63. The van der Waals surface area contributed by atoms with Gasteiger partial charge in [-0.25, -0.2) is 4.79 Å². The van der Waals surface area contributed by atoms with Crippen LogP contribution in [0.15, 0.2) is 12.7 Å². The fourth-order valence-electron chi connectivity index (χ4n) is 0.605. The molecule has 0 N–H and O–H groups in total. The largest absolute Gasteiger partial charge is 0.507 e. The molecule has 0 aromatic rings. The minimum atomic E-state index is -0.608. The van der Waals surface area contributed by atoms with E-state index in [2.05, 4.69) is 16.1 Å². The molecule has 0 saturated carbocycles. The molecule has 0 atom stereocenters. The van der Waals surface area contributed by atoms with E-state index < -0.39 is 6.16 Å². The van der Waals surface area contributed by atoms with E-state index in [0.29, 0.717) is 6.61 Å². The van der Waals surface area contributed by atoms with E-state index >= 15 is 0 Å². The Morgan fingerprint density at radius 2 is 2.27 bits per heavy atom. The second-order valence-corrected chi connectivity index (χ2v) is 2.09. The Balaban J connectivity index is 3.01. The summed E-state index contributed by atoms with van der Waals surface area (Å²) in [6.45, 7) is 4.01. The lowest BCUT2D eigenvalue weighted by Crippen LogP contribution is -2.04. The zero-order valence-electron chi connectivity index (χ0n) is 6.84. The number of ether oxygens (including phenoxy) is 2. The van der Waals surface area contributed by atoms with Crippen LogP contribution in [0.5, 0.6) is 0 Å². The molecule has 11 heavy (non-hydrogen) atoms. The summed E-state index contributed by atoms with van der Waals surface area (Å²) in [6.07, 6.45) is 4.06. The smallest absolute Gasteiger partial charge is 0.438 e. The highest BCUT2D eigenvalue weighted by atomic mass is 16.7. The van der Waals surface area contributed by atoms with E-state index in [9.17, 15) is 4.79 Å². The highest BCUT2D eigenvalue weighted by molar-refractivity contribution is 5.59. The first kappa shape index (κ1) is 10.0. The van der Waals surface area contributed by atoms with Crippen molar-refractivity contribution >= 4 is 6.16 Å². The Morgan fingerprint density at radius 3 is 2.82 bits per heavy atom. The third-order valence-corrected chi connectivity index (χ3v) is 1.19. The van der Waals surface area contributed by atoms with Gasteiger partial charge in [0.25, 0.3) is 0 Å². The van der Waals surface area contributed by atoms with Gasteiger partial charge in [-0.15, -0.1) is 6.58 Å². The summed E-state index contributed by atoms with van der Waals surface area (Å²) in [4.78, 5) is 10.4. The molecule has 0 heterocycles. The lowest BCUT2D eigenvalue weighted by molar-refractivity contribution is 0.0715. The zero-order chi connectivity index (χ0) is 8.53. The lowest BCUT2D eigenvalue weighted by atomic mass is 10.2. The number of hydrogen-bond donors (Lipinski definition) is 0. The van der Waals surface area contributed by atoms with Crippen LogP contribution in [0, 0.1) is 0 Å². The van der Waals surface area contributed by atoms with Gasteiger partial charge in [0.05, 0.1) is 13.7 Å². The molecule has 0 unspecified atom stereocenters. The molecular weight excluding hydrogens is 144 g/mol. The standard InChI is InChI=1S/C8H14O3/c1-3-4-5-6-7-11-8(9)10-2/h3H,1,4-7H2,2H3. The van der Waals surface area contributed by atoms with Crippen LogP contribution < -0.4 is 0 Å². The van der Waals surface area contributed by atoms with Crippen molar-refractivity contribution in [1.82, 2.24) is 0 Å². The SMILES string of the molecule is C=CCCCCOC(=O)OC. The van der Waals surface area contributed by atoms with E-state index in [1.165, 1.54) is 7.11 Å². The summed E-state index contributed by atoms with van der Waals surface area (Å²) in [7, 11) is 1.30. The molecule has 0 fully saturated rings. The van der Waals surface area contributed by atoms with Gasteiger partial charge in [-0.2, -0.15) is 0 Å². The van der Waals surface area contributed by atoms with Crippen LogP contribution in [0.25, 0.3) is 0 Å². The molecule has 64 valence electrons. The number of hydrogen-bond acceptors (Lipinski definition) is 3. The Hall–Kier alpha value is -0.990. The Morgan fingerprint density at radius 1 is 1.55 bits per heavy atom. The Bertz CT molecular complexity index is 121. The van der Waals surface area contributed by atoms with Crippen LogP contribution in [0.1, 0.15) is 19.3 Å². The molecule has 0 rings (SSSR count). The van der Waals surface area contributed by atoms with Crippen molar-refractivity contribution in [2.45, 2.75) is 19.3 Å². The summed E-state index contributed by atoms with van der Waals surface area (Å²) >= 11 is 0. The number of carbonyl (C=O) groups excluding carboxylic acids is 1. The molecule has 0 aromatic carbocycles. The van der Waals surface area contributed by atoms with Gasteiger partial charge in [0, 0.05) is 0 Å². The maximum absolute atomic E-state index is 10.4. The third kappa shape index (κ3) is 6.90. The van der Waals surface area contributed by atoms with E-state index in [-0.39, 0.29) is 0 Å². The molecular formula is C8H14O3. The quantitative estimate of drug-likeness (QED) is 0.349. The molecule has 0 aliphatic carbocycles. The first-order chi connectivity index (χ1) is 5.31. The highest BCUT2D eigenvalue weighted by Crippen LogP contribution is 1.96. The van der Waals surface area contributed by atoms with Crippen LogP contribution in [0.4, 0.5) is 4.79 Å². The average Bonchev–Trinajstić information content (AvgIpc) is 2.04. The molecule has 0 aliphatic rings. The van der Waals surface area contributed by atoms with E-state index in [1.807, 2.05) is 6.08 Å². The lowest BCUT2D eigenvalue weighted by Gasteiger charge is -2.00. The van der Waals surface area contributed by atoms with Gasteiger partial charge in [0.15, 0.2) is 0 Å². The second kappa shape index (κ2) is 7.12. The van der Waals surface area contributed by atoms with Crippen molar-refractivity contribution in [3.63, 3.8) is 0 Å². The minimum Gasteiger partial charge on any atom is -0.438 e. The van der Waals surface area contributed by atoms with Crippen molar-refractivity contribution in [2.24, 2.45) is 0 Å². The van der Waals surface area contributed by atoms with Crippen LogP contribution >= 0.6 is 0 Å². The van der Waals surface area contributed by atoms with Crippen molar-refractivity contribution in [2.75, 3.05) is 13.7 Å². The summed E-state index contributed by atoms with van der Waals surface area (Å²) in [5.41, 5.74) is 0. The molecule has 3 heteroatoms. The van der Waals surface area contributed by atoms with Crippen molar-refractivity contribution < 1.29 is 14.3 Å². The predicted octanol–water partition coefficient (Wildman–Crippen LogP) is 2.13. The van der Waals surface area contributed by atoms with Crippen molar-refractivity contribution in [3.05, 3.63) is 12.7 Å². The third-order valence-electron chi connectivity index (χ3n) is 1.19. The molecule has 0 aliphatic heterocycles. The molecule has 0 spiro atoms. The number of carbonyl (C=O) groups is 1. The first-order valence-electron chi connectivity index (χ1n) is 3.63. The summed E-state index contributed by atoms with van der Waals surface area (Å²) in [5, 5.41) is 0. The fraction of sp³-hybridized carbons (Fsp3) is 0.625. The van der Waals surface area contributed by atoms with Gasteiger partial charge in [-0.1, -0.05) is 6.08 Å². The van der Waals surface area contributed by atoms with E-state index in [1.54, 1.807) is 0 Å². The normalized spacial score (nSPS) is 8.82. The fourth-order valence-corrected chi connectivity index (χ4v) is 0.605.